The Kier molecular flexibility index (Phi) is 4.24. The first-order valence-corrected chi connectivity index (χ1v) is 9.38. The molecule has 4 rings (SSSR count). The van der Waals surface area contributed by atoms with E-state index in [0.717, 1.165) is 24.8 Å². The molecule has 2 aliphatic carbocycles. The lowest BCUT2D eigenvalue weighted by Gasteiger charge is -2.57. The zero-order valence-corrected chi connectivity index (χ0v) is 14.8. The van der Waals surface area contributed by atoms with Gasteiger partial charge in [-0.3, -0.25) is 4.68 Å². The van der Waals surface area contributed by atoms with Gasteiger partial charge in [-0.25, -0.2) is 4.99 Å². The van der Waals surface area contributed by atoms with E-state index in [1.807, 2.05) is 24.0 Å². The third-order valence-corrected chi connectivity index (χ3v) is 6.24. The molecule has 6 nitrogen and oxygen atoms in total. The molecule has 132 valence electrons. The predicted octanol–water partition coefficient (Wildman–Crippen LogP) is 1.82. The molecule has 2 N–H and O–H groups in total. The van der Waals surface area contributed by atoms with E-state index in [9.17, 15) is 0 Å². The van der Waals surface area contributed by atoms with Crippen LogP contribution in [-0.2, 0) is 18.3 Å². The largest absolute Gasteiger partial charge is 0.377 e. The minimum Gasteiger partial charge on any atom is -0.377 e. The number of fused-ring (bicyclic) bond motifs is 2. The van der Waals surface area contributed by atoms with Crippen LogP contribution in [0.15, 0.2) is 17.3 Å². The molecule has 1 aromatic rings. The molecular weight excluding hydrogens is 302 g/mol. The zero-order chi connectivity index (χ0) is 16.6. The molecule has 3 unspecified atom stereocenters. The maximum absolute atomic E-state index is 6.08. The summed E-state index contributed by atoms with van der Waals surface area (Å²) in [5, 5.41) is 11.4. The quantitative estimate of drug-likeness (QED) is 0.653. The molecule has 2 heterocycles. The Morgan fingerprint density at radius 1 is 1.46 bits per heavy atom. The van der Waals surface area contributed by atoms with Crippen LogP contribution in [0.1, 0.15) is 44.7 Å². The SMILES string of the molecule is CCNC(=NCc1ccnn1C)NC1C2CCOC2C12CCCC2. The third kappa shape index (κ3) is 2.51. The molecule has 3 aliphatic rings. The summed E-state index contributed by atoms with van der Waals surface area (Å²) in [6.45, 7) is 4.57. The van der Waals surface area contributed by atoms with Gasteiger partial charge in [-0.1, -0.05) is 12.8 Å². The molecule has 1 spiro atoms. The molecule has 0 aromatic carbocycles. The average molecular weight is 331 g/mol. The Balaban J connectivity index is 1.49. The molecular formula is C18H29N5O. The van der Waals surface area contributed by atoms with E-state index in [0.29, 0.717) is 30.0 Å². The number of aliphatic imine (C=N–C) groups is 1. The third-order valence-electron chi connectivity index (χ3n) is 6.24. The van der Waals surface area contributed by atoms with E-state index in [1.165, 1.54) is 32.1 Å². The summed E-state index contributed by atoms with van der Waals surface area (Å²) in [6, 6.07) is 2.53. The van der Waals surface area contributed by atoms with Crippen LogP contribution in [-0.4, -0.2) is 41.0 Å². The Morgan fingerprint density at radius 3 is 3.00 bits per heavy atom. The van der Waals surface area contributed by atoms with Crippen LogP contribution in [0.25, 0.3) is 0 Å². The van der Waals surface area contributed by atoms with Crippen LogP contribution in [0.3, 0.4) is 0 Å². The van der Waals surface area contributed by atoms with Gasteiger partial charge in [0, 0.05) is 43.8 Å². The fourth-order valence-corrected chi connectivity index (χ4v) is 5.09. The van der Waals surface area contributed by atoms with Crippen molar-refractivity contribution in [1.29, 1.82) is 0 Å². The van der Waals surface area contributed by atoms with Crippen molar-refractivity contribution in [3.63, 3.8) is 0 Å². The molecule has 0 bridgehead atoms. The van der Waals surface area contributed by atoms with Crippen molar-refractivity contribution >= 4 is 5.96 Å². The van der Waals surface area contributed by atoms with E-state index in [4.69, 9.17) is 9.73 Å². The first kappa shape index (κ1) is 15.9. The number of nitrogens with zero attached hydrogens (tertiary/aromatic N) is 3. The van der Waals surface area contributed by atoms with Gasteiger partial charge in [0.25, 0.3) is 0 Å². The number of aryl methyl sites for hydroxylation is 1. The van der Waals surface area contributed by atoms with Gasteiger partial charge in [0.2, 0.25) is 0 Å². The highest BCUT2D eigenvalue weighted by molar-refractivity contribution is 5.80. The Morgan fingerprint density at radius 2 is 2.29 bits per heavy atom. The van der Waals surface area contributed by atoms with Crippen molar-refractivity contribution in [3.05, 3.63) is 18.0 Å². The molecule has 24 heavy (non-hydrogen) atoms. The summed E-state index contributed by atoms with van der Waals surface area (Å²) in [5.41, 5.74) is 1.47. The van der Waals surface area contributed by atoms with Crippen LogP contribution < -0.4 is 10.6 Å². The highest BCUT2D eigenvalue weighted by atomic mass is 16.5. The van der Waals surface area contributed by atoms with Crippen molar-refractivity contribution in [1.82, 2.24) is 20.4 Å². The lowest BCUT2D eigenvalue weighted by Crippen LogP contribution is -2.69. The van der Waals surface area contributed by atoms with E-state index < -0.39 is 0 Å². The van der Waals surface area contributed by atoms with Crippen LogP contribution in [0.4, 0.5) is 0 Å². The fraction of sp³-hybridized carbons (Fsp3) is 0.778. The first-order valence-electron chi connectivity index (χ1n) is 9.38. The number of nitrogens with one attached hydrogen (secondary N) is 2. The van der Waals surface area contributed by atoms with Crippen molar-refractivity contribution < 1.29 is 4.74 Å². The van der Waals surface area contributed by atoms with Gasteiger partial charge >= 0.3 is 0 Å². The number of rotatable bonds is 4. The molecule has 2 saturated carbocycles. The van der Waals surface area contributed by atoms with Gasteiger partial charge in [0.1, 0.15) is 0 Å². The van der Waals surface area contributed by atoms with E-state index in [2.05, 4.69) is 22.7 Å². The van der Waals surface area contributed by atoms with Crippen molar-refractivity contribution in [2.45, 2.75) is 57.7 Å². The number of hydrogen-bond donors (Lipinski definition) is 2. The summed E-state index contributed by atoms with van der Waals surface area (Å²) >= 11 is 0. The first-order chi connectivity index (χ1) is 11.7. The summed E-state index contributed by atoms with van der Waals surface area (Å²) in [6.07, 6.45) is 8.77. The van der Waals surface area contributed by atoms with Gasteiger partial charge in [-0.2, -0.15) is 5.10 Å². The van der Waals surface area contributed by atoms with Crippen molar-refractivity contribution in [2.24, 2.45) is 23.4 Å². The van der Waals surface area contributed by atoms with Crippen LogP contribution in [0.2, 0.25) is 0 Å². The zero-order valence-electron chi connectivity index (χ0n) is 14.8. The van der Waals surface area contributed by atoms with Gasteiger partial charge < -0.3 is 15.4 Å². The minimum absolute atomic E-state index is 0.351. The van der Waals surface area contributed by atoms with Crippen LogP contribution in [0.5, 0.6) is 0 Å². The smallest absolute Gasteiger partial charge is 0.191 e. The van der Waals surface area contributed by atoms with Gasteiger partial charge in [0.05, 0.1) is 18.3 Å². The van der Waals surface area contributed by atoms with E-state index in [1.54, 1.807) is 0 Å². The highest BCUT2D eigenvalue weighted by Crippen LogP contribution is 2.60. The maximum atomic E-state index is 6.08. The highest BCUT2D eigenvalue weighted by Gasteiger charge is 2.65. The van der Waals surface area contributed by atoms with Crippen molar-refractivity contribution in [2.75, 3.05) is 13.2 Å². The topological polar surface area (TPSA) is 63.5 Å². The second kappa shape index (κ2) is 6.39. The molecule has 6 heteroatoms. The average Bonchev–Trinajstić information content (AvgIpc) is 3.30. The number of guanidine groups is 1. The summed E-state index contributed by atoms with van der Waals surface area (Å²) in [5.74, 6) is 1.59. The molecule has 3 atom stereocenters. The molecule has 0 radical (unpaired) electrons. The lowest BCUT2D eigenvalue weighted by molar-refractivity contribution is -0.125. The molecule has 3 fully saturated rings. The lowest BCUT2D eigenvalue weighted by atomic mass is 9.54. The molecule has 1 aromatic heterocycles. The van der Waals surface area contributed by atoms with E-state index >= 15 is 0 Å². The normalized spacial score (nSPS) is 31.1. The van der Waals surface area contributed by atoms with Gasteiger partial charge in [0.15, 0.2) is 5.96 Å². The Hall–Kier alpha value is -1.56. The van der Waals surface area contributed by atoms with Crippen LogP contribution in [0, 0.1) is 11.3 Å². The molecule has 1 aliphatic heterocycles. The molecule has 1 saturated heterocycles. The number of ether oxygens (including phenoxy) is 1. The fourth-order valence-electron chi connectivity index (χ4n) is 5.09. The molecule has 0 amide bonds. The summed E-state index contributed by atoms with van der Waals surface area (Å²) in [4.78, 5) is 4.80. The number of hydrogen-bond acceptors (Lipinski definition) is 3. The summed E-state index contributed by atoms with van der Waals surface area (Å²) < 4.78 is 7.97. The maximum Gasteiger partial charge on any atom is 0.191 e. The van der Waals surface area contributed by atoms with Gasteiger partial charge in [-0.05, 0) is 32.3 Å². The van der Waals surface area contributed by atoms with Crippen molar-refractivity contribution in [3.8, 4) is 0 Å². The number of aromatic nitrogens is 2. The van der Waals surface area contributed by atoms with E-state index in [-0.39, 0.29) is 0 Å². The second-order valence-corrected chi connectivity index (χ2v) is 7.45. The Labute approximate surface area is 144 Å². The van der Waals surface area contributed by atoms with Gasteiger partial charge in [-0.15, -0.1) is 0 Å². The monoisotopic (exact) mass is 331 g/mol. The predicted molar refractivity (Wildman–Crippen MR) is 93.7 cm³/mol. The Bertz CT molecular complexity index is 604. The van der Waals surface area contributed by atoms with Crippen LogP contribution >= 0.6 is 0 Å². The second-order valence-electron chi connectivity index (χ2n) is 7.45. The minimum atomic E-state index is 0.351. The summed E-state index contributed by atoms with van der Waals surface area (Å²) in [7, 11) is 1.96. The standard InChI is InChI=1S/C18H29N5O/c1-3-19-17(20-12-13-6-10-21-23(13)2)22-15-14-7-11-24-16(14)18(15)8-4-5-9-18/h6,10,14-16H,3-5,7-9,11-12H2,1-2H3,(H2,19,20,22).